The normalized spacial score (nSPS) is 12.2. The first-order valence-corrected chi connectivity index (χ1v) is 8.99. The van der Waals surface area contributed by atoms with Gasteiger partial charge in [0.05, 0.1) is 5.75 Å². The molecule has 0 aliphatic rings. The molecule has 2 rings (SSSR count). The highest BCUT2D eigenvalue weighted by molar-refractivity contribution is 14.2. The predicted molar refractivity (Wildman–Crippen MR) is 80.7 cm³/mol. The van der Waals surface area contributed by atoms with E-state index in [1.54, 1.807) is 12.1 Å². The lowest BCUT2D eigenvalue weighted by atomic mass is 10.2. The summed E-state index contributed by atoms with van der Waals surface area (Å²) in [7, 11) is -3.36. The fraction of sp³-hybridized carbons (Fsp3) is 0.0769. The highest BCUT2D eigenvalue weighted by Gasteiger charge is 2.08. The van der Waals surface area contributed by atoms with Gasteiger partial charge in [-0.3, -0.25) is 0 Å². The first kappa shape index (κ1) is 13.4. The SMILES string of the molecule is O=S(=O)(Cc1ccccc1)N=Ic1ccccc1. The Labute approximate surface area is 117 Å². The number of sulfonamides is 1. The lowest BCUT2D eigenvalue weighted by Crippen LogP contribution is -1.98. The summed E-state index contributed by atoms with van der Waals surface area (Å²) in [5.74, 6) is -0.0135. The molecule has 3 nitrogen and oxygen atoms in total. The van der Waals surface area contributed by atoms with Crippen LogP contribution in [0.4, 0.5) is 0 Å². The fourth-order valence-corrected chi connectivity index (χ4v) is 4.96. The molecule has 0 N–H and O–H groups in total. The van der Waals surface area contributed by atoms with Gasteiger partial charge < -0.3 is 0 Å². The van der Waals surface area contributed by atoms with E-state index in [2.05, 4.69) is 2.55 Å². The van der Waals surface area contributed by atoms with Crippen molar-refractivity contribution in [2.75, 3.05) is 0 Å². The predicted octanol–water partition coefficient (Wildman–Crippen LogP) is 3.54. The Bertz CT molecular complexity index is 625. The van der Waals surface area contributed by atoms with Gasteiger partial charge in [-0.1, -0.05) is 48.5 Å². The molecule has 2 aromatic rings. The summed E-state index contributed by atoms with van der Waals surface area (Å²) in [6.07, 6.45) is 0. The van der Waals surface area contributed by atoms with Gasteiger partial charge in [-0.05, 0) is 17.7 Å². The third kappa shape index (κ3) is 4.30. The van der Waals surface area contributed by atoms with Crippen LogP contribution in [0.5, 0.6) is 0 Å². The second-order valence-corrected chi connectivity index (χ2v) is 8.16. The van der Waals surface area contributed by atoms with Gasteiger partial charge in [0.15, 0.2) is 0 Å². The third-order valence-electron chi connectivity index (χ3n) is 2.16. The minimum Gasteiger partial charge on any atom is -0.204 e. The van der Waals surface area contributed by atoms with E-state index in [1.807, 2.05) is 48.5 Å². The van der Waals surface area contributed by atoms with Crippen LogP contribution >= 0.6 is 21.0 Å². The van der Waals surface area contributed by atoms with Gasteiger partial charge in [-0.2, -0.15) is 0 Å². The molecule has 2 aromatic carbocycles. The van der Waals surface area contributed by atoms with Crippen LogP contribution in [0.15, 0.2) is 63.2 Å². The van der Waals surface area contributed by atoms with Gasteiger partial charge in [-0.15, -0.1) is 2.55 Å². The van der Waals surface area contributed by atoms with Crippen LogP contribution in [0, 0.1) is 3.57 Å². The Kier molecular flexibility index (Phi) is 4.60. The maximum atomic E-state index is 11.8. The van der Waals surface area contributed by atoms with Crippen molar-refractivity contribution >= 4 is 31.1 Å². The molecule has 0 radical (unpaired) electrons. The van der Waals surface area contributed by atoms with Crippen molar-refractivity contribution in [3.8, 4) is 0 Å². The molecule has 0 unspecified atom stereocenters. The number of hydrogen-bond acceptors (Lipinski definition) is 2. The Morgan fingerprint density at radius 3 is 2.06 bits per heavy atom. The molecular weight excluding hydrogens is 361 g/mol. The molecular formula is C13H12INO2S. The first-order chi connectivity index (χ1) is 8.66. The maximum Gasteiger partial charge on any atom is 0.261 e. The second kappa shape index (κ2) is 6.19. The third-order valence-corrected chi connectivity index (χ3v) is 6.81. The van der Waals surface area contributed by atoms with Crippen LogP contribution in [0.25, 0.3) is 0 Å². The largest absolute Gasteiger partial charge is 0.261 e. The van der Waals surface area contributed by atoms with Gasteiger partial charge in [0, 0.05) is 24.6 Å². The van der Waals surface area contributed by atoms with Crippen molar-refractivity contribution in [3.05, 3.63) is 69.8 Å². The molecule has 0 aliphatic carbocycles. The van der Waals surface area contributed by atoms with Crippen LogP contribution in [0.3, 0.4) is 0 Å². The summed E-state index contributed by atoms with van der Waals surface area (Å²) < 4.78 is 28.6. The summed E-state index contributed by atoms with van der Waals surface area (Å²) in [6, 6.07) is 18.7. The summed E-state index contributed by atoms with van der Waals surface area (Å²) in [4.78, 5) is 0. The Balaban J connectivity index is 2.11. The molecule has 0 saturated heterocycles. The summed E-state index contributed by atoms with van der Waals surface area (Å²) in [5.41, 5.74) is 0.776. The molecule has 94 valence electrons. The molecule has 0 amide bonds. The maximum absolute atomic E-state index is 11.8. The summed E-state index contributed by atoms with van der Waals surface area (Å²) in [6.45, 7) is 0. The molecule has 0 aliphatic heterocycles. The van der Waals surface area contributed by atoms with E-state index < -0.39 is 31.1 Å². The second-order valence-electron chi connectivity index (χ2n) is 3.66. The van der Waals surface area contributed by atoms with Gasteiger partial charge in [0.2, 0.25) is 0 Å². The molecule has 5 heteroatoms. The average molecular weight is 373 g/mol. The minimum atomic E-state index is -3.36. The van der Waals surface area contributed by atoms with E-state index in [1.165, 1.54) is 0 Å². The van der Waals surface area contributed by atoms with Gasteiger partial charge in [0.25, 0.3) is 10.0 Å². The van der Waals surface area contributed by atoms with E-state index in [9.17, 15) is 8.42 Å². The van der Waals surface area contributed by atoms with E-state index >= 15 is 0 Å². The molecule has 0 aromatic heterocycles. The standard InChI is InChI=1S/C13H12INO2S/c16-18(17,11-12-7-3-1-4-8-12)15-14-13-9-5-2-6-10-13/h1-10H,11H2. The zero-order valence-electron chi connectivity index (χ0n) is 9.53. The van der Waals surface area contributed by atoms with E-state index in [0.29, 0.717) is 0 Å². The molecule has 0 bridgehead atoms. The van der Waals surface area contributed by atoms with Gasteiger partial charge in [0.1, 0.15) is 0 Å². The van der Waals surface area contributed by atoms with Crippen LogP contribution in [-0.4, -0.2) is 8.42 Å². The zero-order chi connectivity index (χ0) is 12.8. The number of hydrogen-bond donors (Lipinski definition) is 0. The molecule has 0 saturated carbocycles. The lowest BCUT2D eigenvalue weighted by Gasteiger charge is -1.98. The van der Waals surface area contributed by atoms with E-state index in [0.717, 1.165) is 9.13 Å². The fourth-order valence-electron chi connectivity index (χ4n) is 1.37. The summed E-state index contributed by atoms with van der Waals surface area (Å²) in [5, 5.41) is 0. The molecule has 0 atom stereocenters. The van der Waals surface area contributed by atoms with Crippen molar-refractivity contribution in [3.63, 3.8) is 0 Å². The van der Waals surface area contributed by atoms with E-state index in [4.69, 9.17) is 0 Å². The van der Waals surface area contributed by atoms with Crippen LogP contribution in [0.2, 0.25) is 0 Å². The van der Waals surface area contributed by atoms with Crippen molar-refractivity contribution in [2.45, 2.75) is 5.75 Å². The molecule has 0 heterocycles. The number of halogens is 1. The molecule has 18 heavy (non-hydrogen) atoms. The number of nitrogens with zero attached hydrogens (tertiary/aromatic N) is 1. The van der Waals surface area contributed by atoms with Crippen molar-refractivity contribution in [1.29, 1.82) is 0 Å². The number of benzene rings is 2. The van der Waals surface area contributed by atoms with Crippen molar-refractivity contribution in [2.24, 2.45) is 2.55 Å². The van der Waals surface area contributed by atoms with Crippen LogP contribution in [0.1, 0.15) is 5.56 Å². The minimum absolute atomic E-state index is 0.0135. The zero-order valence-corrected chi connectivity index (χ0v) is 12.5. The van der Waals surface area contributed by atoms with Crippen molar-refractivity contribution < 1.29 is 8.42 Å². The van der Waals surface area contributed by atoms with Gasteiger partial charge in [-0.25, -0.2) is 8.42 Å². The quantitative estimate of drug-likeness (QED) is 0.770. The highest BCUT2D eigenvalue weighted by atomic mass is 127. The van der Waals surface area contributed by atoms with Crippen LogP contribution < -0.4 is 0 Å². The highest BCUT2D eigenvalue weighted by Crippen LogP contribution is 2.17. The summed E-state index contributed by atoms with van der Waals surface area (Å²) >= 11 is -0.824. The number of rotatable bonds is 4. The van der Waals surface area contributed by atoms with Gasteiger partial charge >= 0.3 is 0 Å². The average Bonchev–Trinajstić information content (AvgIpc) is 2.38. The Morgan fingerprint density at radius 1 is 0.889 bits per heavy atom. The van der Waals surface area contributed by atoms with Crippen LogP contribution in [-0.2, 0) is 15.8 Å². The topological polar surface area (TPSA) is 46.5 Å². The Hall–Kier alpha value is -1.08. The first-order valence-electron chi connectivity index (χ1n) is 5.34. The Morgan fingerprint density at radius 2 is 1.44 bits per heavy atom. The van der Waals surface area contributed by atoms with Crippen molar-refractivity contribution in [1.82, 2.24) is 0 Å². The smallest absolute Gasteiger partial charge is 0.204 e. The lowest BCUT2D eigenvalue weighted by molar-refractivity contribution is 0.598. The molecule has 0 spiro atoms. The van der Waals surface area contributed by atoms with E-state index in [-0.39, 0.29) is 5.75 Å². The monoisotopic (exact) mass is 373 g/mol. The molecule has 0 fully saturated rings.